The quantitative estimate of drug-likeness (QED) is 0.638. The fraction of sp³-hybridized carbons (Fsp3) is 0.600. The fourth-order valence-electron chi connectivity index (χ4n) is 1.22. The zero-order valence-electron chi connectivity index (χ0n) is 8.98. The second-order valence-electron chi connectivity index (χ2n) is 3.19. The third-order valence-corrected chi connectivity index (χ3v) is 2.01. The van der Waals surface area contributed by atoms with Crippen molar-refractivity contribution >= 4 is 0 Å². The predicted molar refractivity (Wildman–Crippen MR) is 57.9 cm³/mol. The van der Waals surface area contributed by atoms with Gasteiger partial charge in [-0.2, -0.15) is 0 Å². The first-order valence-electron chi connectivity index (χ1n) is 5.05. The molecule has 15 heavy (non-hydrogen) atoms. The SMILES string of the molecule is COCCCNCCn1cccnc1=O. The minimum atomic E-state index is -0.198. The smallest absolute Gasteiger partial charge is 0.347 e. The Morgan fingerprint density at radius 3 is 3.13 bits per heavy atom. The van der Waals surface area contributed by atoms with Gasteiger partial charge in [-0.25, -0.2) is 9.78 Å². The Balaban J connectivity index is 2.15. The molecule has 0 unspecified atom stereocenters. The van der Waals surface area contributed by atoms with Crippen LogP contribution >= 0.6 is 0 Å². The van der Waals surface area contributed by atoms with Crippen molar-refractivity contribution in [3.05, 3.63) is 28.9 Å². The summed E-state index contributed by atoms with van der Waals surface area (Å²) in [5.74, 6) is 0. The number of rotatable bonds is 7. The van der Waals surface area contributed by atoms with E-state index in [2.05, 4.69) is 10.3 Å². The molecule has 1 heterocycles. The summed E-state index contributed by atoms with van der Waals surface area (Å²) in [6.45, 7) is 3.09. The molecule has 0 amide bonds. The molecule has 0 saturated heterocycles. The van der Waals surface area contributed by atoms with Crippen LogP contribution in [0.5, 0.6) is 0 Å². The number of hydrogen-bond acceptors (Lipinski definition) is 4. The first-order chi connectivity index (χ1) is 7.34. The summed E-state index contributed by atoms with van der Waals surface area (Å²) < 4.78 is 6.51. The molecule has 84 valence electrons. The Morgan fingerprint density at radius 2 is 2.40 bits per heavy atom. The molecule has 1 aromatic heterocycles. The molecule has 1 rings (SSSR count). The van der Waals surface area contributed by atoms with Crippen molar-refractivity contribution < 1.29 is 4.74 Å². The Bertz CT molecular complexity index is 324. The Kier molecular flexibility index (Phi) is 5.65. The molecular formula is C10H17N3O2. The molecule has 5 heteroatoms. The van der Waals surface area contributed by atoms with E-state index in [1.807, 2.05) is 0 Å². The highest BCUT2D eigenvalue weighted by molar-refractivity contribution is 4.80. The second kappa shape index (κ2) is 7.14. The van der Waals surface area contributed by atoms with Gasteiger partial charge in [0, 0.05) is 39.2 Å². The Labute approximate surface area is 89.1 Å². The van der Waals surface area contributed by atoms with E-state index in [-0.39, 0.29) is 5.69 Å². The third-order valence-electron chi connectivity index (χ3n) is 2.01. The number of nitrogens with zero attached hydrogens (tertiary/aromatic N) is 2. The summed E-state index contributed by atoms with van der Waals surface area (Å²) in [4.78, 5) is 14.9. The van der Waals surface area contributed by atoms with E-state index < -0.39 is 0 Å². The highest BCUT2D eigenvalue weighted by atomic mass is 16.5. The van der Waals surface area contributed by atoms with Gasteiger partial charge in [-0.3, -0.25) is 4.57 Å². The molecule has 0 fully saturated rings. The van der Waals surface area contributed by atoms with Crippen LogP contribution in [-0.2, 0) is 11.3 Å². The predicted octanol–water partition coefficient (Wildman–Crippen LogP) is -0.131. The molecule has 0 atom stereocenters. The number of nitrogens with one attached hydrogen (secondary N) is 1. The lowest BCUT2D eigenvalue weighted by Gasteiger charge is -2.05. The van der Waals surface area contributed by atoms with Crippen molar-refractivity contribution in [3.8, 4) is 0 Å². The summed E-state index contributed by atoms with van der Waals surface area (Å²) >= 11 is 0. The normalized spacial score (nSPS) is 10.5. The van der Waals surface area contributed by atoms with Crippen LogP contribution in [0, 0.1) is 0 Å². The molecule has 0 bridgehead atoms. The number of methoxy groups -OCH3 is 1. The highest BCUT2D eigenvalue weighted by Crippen LogP contribution is 1.80. The molecular weight excluding hydrogens is 194 g/mol. The van der Waals surface area contributed by atoms with E-state index in [1.54, 1.807) is 23.9 Å². The summed E-state index contributed by atoms with van der Waals surface area (Å²) in [5, 5.41) is 3.23. The van der Waals surface area contributed by atoms with Gasteiger partial charge in [0.15, 0.2) is 0 Å². The first kappa shape index (κ1) is 11.9. The standard InChI is InChI=1S/C10H17N3O2/c1-15-9-3-4-11-6-8-13-7-2-5-12-10(13)14/h2,5,7,11H,3-4,6,8-9H2,1H3. The topological polar surface area (TPSA) is 56.1 Å². The average Bonchev–Trinajstić information content (AvgIpc) is 2.25. The third kappa shape index (κ3) is 4.71. The maximum absolute atomic E-state index is 11.2. The van der Waals surface area contributed by atoms with E-state index in [0.717, 1.165) is 26.1 Å². The van der Waals surface area contributed by atoms with E-state index in [1.165, 1.54) is 6.20 Å². The van der Waals surface area contributed by atoms with E-state index in [0.29, 0.717) is 6.54 Å². The van der Waals surface area contributed by atoms with Crippen molar-refractivity contribution in [2.75, 3.05) is 26.8 Å². The van der Waals surface area contributed by atoms with Crippen molar-refractivity contribution in [2.45, 2.75) is 13.0 Å². The monoisotopic (exact) mass is 211 g/mol. The van der Waals surface area contributed by atoms with E-state index in [4.69, 9.17) is 4.74 Å². The lowest BCUT2D eigenvalue weighted by atomic mass is 10.4. The van der Waals surface area contributed by atoms with Crippen LogP contribution < -0.4 is 11.0 Å². The minimum absolute atomic E-state index is 0.198. The summed E-state index contributed by atoms with van der Waals surface area (Å²) in [7, 11) is 1.69. The lowest BCUT2D eigenvalue weighted by molar-refractivity contribution is 0.194. The van der Waals surface area contributed by atoms with Crippen LogP contribution in [0.15, 0.2) is 23.3 Å². The maximum atomic E-state index is 11.2. The molecule has 0 spiro atoms. The van der Waals surface area contributed by atoms with Crippen molar-refractivity contribution in [2.24, 2.45) is 0 Å². The first-order valence-corrected chi connectivity index (χ1v) is 5.05. The molecule has 0 aliphatic heterocycles. The van der Waals surface area contributed by atoms with Gasteiger partial charge in [-0.1, -0.05) is 0 Å². The summed E-state index contributed by atoms with van der Waals surface area (Å²) in [6, 6.07) is 1.76. The maximum Gasteiger partial charge on any atom is 0.347 e. The van der Waals surface area contributed by atoms with Crippen LogP contribution in [0.3, 0.4) is 0 Å². The van der Waals surface area contributed by atoms with Gasteiger partial charge in [0.1, 0.15) is 0 Å². The van der Waals surface area contributed by atoms with Crippen LogP contribution in [0.1, 0.15) is 6.42 Å². The van der Waals surface area contributed by atoms with Gasteiger partial charge in [-0.15, -0.1) is 0 Å². The largest absolute Gasteiger partial charge is 0.385 e. The lowest BCUT2D eigenvalue weighted by Crippen LogP contribution is -2.28. The van der Waals surface area contributed by atoms with Crippen molar-refractivity contribution in [1.29, 1.82) is 0 Å². The van der Waals surface area contributed by atoms with E-state index in [9.17, 15) is 4.79 Å². The molecule has 0 aromatic carbocycles. The van der Waals surface area contributed by atoms with Crippen LogP contribution in [-0.4, -0.2) is 36.4 Å². The second-order valence-corrected chi connectivity index (χ2v) is 3.19. The van der Waals surface area contributed by atoms with Gasteiger partial charge in [0.05, 0.1) is 0 Å². The van der Waals surface area contributed by atoms with Crippen LogP contribution in [0.4, 0.5) is 0 Å². The molecule has 0 saturated carbocycles. The van der Waals surface area contributed by atoms with Gasteiger partial charge in [0.2, 0.25) is 0 Å². The summed E-state index contributed by atoms with van der Waals surface area (Å²) in [6.07, 6.45) is 4.23. The zero-order valence-corrected chi connectivity index (χ0v) is 8.98. The van der Waals surface area contributed by atoms with Crippen molar-refractivity contribution in [3.63, 3.8) is 0 Å². The molecule has 0 aliphatic carbocycles. The average molecular weight is 211 g/mol. The Hall–Kier alpha value is -1.20. The zero-order chi connectivity index (χ0) is 10.9. The number of ether oxygens (including phenoxy) is 1. The van der Waals surface area contributed by atoms with Gasteiger partial charge in [0.25, 0.3) is 0 Å². The van der Waals surface area contributed by atoms with Gasteiger partial charge >= 0.3 is 5.69 Å². The molecule has 0 radical (unpaired) electrons. The molecule has 1 aromatic rings. The van der Waals surface area contributed by atoms with E-state index >= 15 is 0 Å². The molecule has 0 aliphatic rings. The van der Waals surface area contributed by atoms with Crippen LogP contribution in [0.25, 0.3) is 0 Å². The van der Waals surface area contributed by atoms with Gasteiger partial charge < -0.3 is 10.1 Å². The van der Waals surface area contributed by atoms with Crippen molar-refractivity contribution in [1.82, 2.24) is 14.9 Å². The van der Waals surface area contributed by atoms with Crippen LogP contribution in [0.2, 0.25) is 0 Å². The number of hydrogen-bond donors (Lipinski definition) is 1. The highest BCUT2D eigenvalue weighted by Gasteiger charge is 1.93. The minimum Gasteiger partial charge on any atom is -0.385 e. The fourth-order valence-corrected chi connectivity index (χ4v) is 1.22. The molecule has 1 N–H and O–H groups in total. The Morgan fingerprint density at radius 1 is 1.53 bits per heavy atom. The summed E-state index contributed by atoms with van der Waals surface area (Å²) in [5.41, 5.74) is -0.198. The molecule has 5 nitrogen and oxygen atoms in total. The van der Waals surface area contributed by atoms with Gasteiger partial charge in [-0.05, 0) is 19.0 Å². The number of aromatic nitrogens is 2.